The fraction of sp³-hybridized carbons (Fsp3) is 0.625. The van der Waals surface area contributed by atoms with Crippen molar-refractivity contribution in [1.29, 1.82) is 0 Å². The zero-order valence-electron chi connectivity index (χ0n) is 13.2. The molecule has 0 heterocycles. The molecule has 0 spiro atoms. The van der Waals surface area contributed by atoms with Crippen LogP contribution in [0.3, 0.4) is 0 Å². The molecule has 0 amide bonds. The Morgan fingerprint density at radius 1 is 1.14 bits per heavy atom. The van der Waals surface area contributed by atoms with Crippen molar-refractivity contribution in [3.8, 4) is 0 Å². The summed E-state index contributed by atoms with van der Waals surface area (Å²) < 4.78 is 10.4. The first-order chi connectivity index (χ1) is 10.1. The molecule has 0 aromatic heterocycles. The lowest BCUT2D eigenvalue weighted by molar-refractivity contribution is 0.0732. The minimum absolute atomic E-state index is 0.0158. The first-order valence-electron chi connectivity index (χ1n) is 7.31. The lowest BCUT2D eigenvalue weighted by Gasteiger charge is -2.29. The van der Waals surface area contributed by atoms with E-state index in [0.717, 1.165) is 30.1 Å². The normalized spacial score (nSPS) is 14.4. The maximum Gasteiger partial charge on any atom is 0.0615 e. The first-order valence-corrected chi connectivity index (χ1v) is 7.69. The number of hydrogen-bond donors (Lipinski definition) is 1. The summed E-state index contributed by atoms with van der Waals surface area (Å²) >= 11 is 5.90. The van der Waals surface area contributed by atoms with Gasteiger partial charge in [0, 0.05) is 44.4 Å². The SMILES string of the molecule is COCCN(CCC(N)c1ccc(Cl)cc1)C(C)COC. The van der Waals surface area contributed by atoms with Gasteiger partial charge in [-0.25, -0.2) is 0 Å². The minimum Gasteiger partial charge on any atom is -0.383 e. The number of rotatable bonds is 10. The lowest BCUT2D eigenvalue weighted by Crippen LogP contribution is -2.40. The van der Waals surface area contributed by atoms with Crippen molar-refractivity contribution in [2.75, 3.05) is 40.5 Å². The van der Waals surface area contributed by atoms with Crippen molar-refractivity contribution in [3.63, 3.8) is 0 Å². The van der Waals surface area contributed by atoms with Crippen LogP contribution >= 0.6 is 11.6 Å². The molecule has 21 heavy (non-hydrogen) atoms. The molecule has 0 bridgehead atoms. The minimum atomic E-state index is 0.0158. The van der Waals surface area contributed by atoms with E-state index >= 15 is 0 Å². The predicted molar refractivity (Wildman–Crippen MR) is 87.8 cm³/mol. The van der Waals surface area contributed by atoms with Crippen molar-refractivity contribution >= 4 is 11.6 Å². The third kappa shape index (κ3) is 6.76. The zero-order chi connectivity index (χ0) is 15.7. The van der Waals surface area contributed by atoms with E-state index in [0.29, 0.717) is 19.3 Å². The Morgan fingerprint density at radius 3 is 2.38 bits per heavy atom. The fourth-order valence-electron chi connectivity index (χ4n) is 2.29. The second kappa shape index (κ2) is 10.1. The molecule has 1 rings (SSSR count). The van der Waals surface area contributed by atoms with Gasteiger partial charge in [-0.05, 0) is 31.0 Å². The summed E-state index contributed by atoms with van der Waals surface area (Å²) in [7, 11) is 3.45. The van der Waals surface area contributed by atoms with Crippen molar-refractivity contribution < 1.29 is 9.47 Å². The zero-order valence-corrected chi connectivity index (χ0v) is 14.0. The van der Waals surface area contributed by atoms with Crippen molar-refractivity contribution in [2.45, 2.75) is 25.4 Å². The predicted octanol–water partition coefficient (Wildman–Crippen LogP) is 2.71. The Bertz CT molecular complexity index is 386. The quantitative estimate of drug-likeness (QED) is 0.721. The molecule has 0 aliphatic heterocycles. The van der Waals surface area contributed by atoms with Crippen LogP contribution in [0, 0.1) is 0 Å². The monoisotopic (exact) mass is 314 g/mol. The Kier molecular flexibility index (Phi) is 8.88. The van der Waals surface area contributed by atoms with Crippen LogP contribution < -0.4 is 5.73 Å². The number of methoxy groups -OCH3 is 2. The van der Waals surface area contributed by atoms with E-state index < -0.39 is 0 Å². The van der Waals surface area contributed by atoms with Crippen LogP contribution in [0.2, 0.25) is 5.02 Å². The van der Waals surface area contributed by atoms with Gasteiger partial charge in [0.05, 0.1) is 13.2 Å². The molecule has 1 aromatic rings. The number of nitrogens with zero attached hydrogens (tertiary/aromatic N) is 1. The maximum absolute atomic E-state index is 6.26. The standard InChI is InChI=1S/C16H27ClN2O2/c1-13(12-21-3)19(10-11-20-2)9-8-16(18)14-4-6-15(17)7-5-14/h4-7,13,16H,8-12,18H2,1-3H3. The molecule has 0 aliphatic carbocycles. The molecular formula is C16H27ClN2O2. The van der Waals surface area contributed by atoms with Crippen LogP contribution in [0.1, 0.15) is 24.9 Å². The van der Waals surface area contributed by atoms with E-state index in [1.165, 1.54) is 0 Å². The van der Waals surface area contributed by atoms with Crippen LogP contribution in [0.5, 0.6) is 0 Å². The number of benzene rings is 1. The Hall–Kier alpha value is -0.650. The first kappa shape index (κ1) is 18.4. The second-order valence-corrected chi connectivity index (χ2v) is 5.72. The van der Waals surface area contributed by atoms with E-state index in [2.05, 4.69) is 11.8 Å². The number of hydrogen-bond acceptors (Lipinski definition) is 4. The van der Waals surface area contributed by atoms with Crippen molar-refractivity contribution in [1.82, 2.24) is 4.90 Å². The average molecular weight is 315 g/mol. The summed E-state index contributed by atoms with van der Waals surface area (Å²) in [5.41, 5.74) is 7.38. The molecule has 0 radical (unpaired) electrons. The highest BCUT2D eigenvalue weighted by Crippen LogP contribution is 2.18. The summed E-state index contributed by atoms with van der Waals surface area (Å²) in [6, 6.07) is 8.11. The van der Waals surface area contributed by atoms with Gasteiger partial charge in [-0.2, -0.15) is 0 Å². The molecule has 4 nitrogen and oxygen atoms in total. The Morgan fingerprint density at radius 2 is 1.81 bits per heavy atom. The van der Waals surface area contributed by atoms with E-state index in [4.69, 9.17) is 26.8 Å². The molecule has 1 aromatic carbocycles. The summed E-state index contributed by atoms with van der Waals surface area (Å²) in [5.74, 6) is 0. The van der Waals surface area contributed by atoms with E-state index in [9.17, 15) is 0 Å². The van der Waals surface area contributed by atoms with Gasteiger partial charge in [0.25, 0.3) is 0 Å². The van der Waals surface area contributed by atoms with Gasteiger partial charge in [0.2, 0.25) is 0 Å². The molecule has 5 heteroatoms. The molecule has 120 valence electrons. The fourth-order valence-corrected chi connectivity index (χ4v) is 2.42. The average Bonchev–Trinajstić information content (AvgIpc) is 2.48. The smallest absolute Gasteiger partial charge is 0.0615 e. The summed E-state index contributed by atoms with van der Waals surface area (Å²) in [6.45, 7) is 5.38. The molecular weight excluding hydrogens is 288 g/mol. The molecule has 2 N–H and O–H groups in total. The van der Waals surface area contributed by atoms with Crippen LogP contribution in [-0.2, 0) is 9.47 Å². The highest BCUT2D eigenvalue weighted by Gasteiger charge is 2.15. The molecule has 0 fully saturated rings. The van der Waals surface area contributed by atoms with Gasteiger partial charge in [0.15, 0.2) is 0 Å². The van der Waals surface area contributed by atoms with Crippen LogP contribution in [0.25, 0.3) is 0 Å². The molecule has 2 unspecified atom stereocenters. The number of ether oxygens (including phenoxy) is 2. The topological polar surface area (TPSA) is 47.7 Å². The van der Waals surface area contributed by atoms with Crippen molar-refractivity contribution in [2.24, 2.45) is 5.73 Å². The summed E-state index contributed by atoms with van der Waals surface area (Å²) in [6.07, 6.45) is 0.888. The van der Waals surface area contributed by atoms with Crippen molar-refractivity contribution in [3.05, 3.63) is 34.9 Å². The van der Waals surface area contributed by atoms with Crippen LogP contribution in [0.4, 0.5) is 0 Å². The Balaban J connectivity index is 2.52. The summed E-state index contributed by atoms with van der Waals surface area (Å²) in [5, 5.41) is 0.737. The summed E-state index contributed by atoms with van der Waals surface area (Å²) in [4.78, 5) is 2.35. The van der Waals surface area contributed by atoms with Gasteiger partial charge in [-0.15, -0.1) is 0 Å². The highest BCUT2D eigenvalue weighted by molar-refractivity contribution is 6.30. The maximum atomic E-state index is 6.26. The van der Waals surface area contributed by atoms with Gasteiger partial charge in [0.1, 0.15) is 0 Å². The lowest BCUT2D eigenvalue weighted by atomic mass is 10.0. The van der Waals surface area contributed by atoms with Gasteiger partial charge in [-0.1, -0.05) is 23.7 Å². The highest BCUT2D eigenvalue weighted by atomic mass is 35.5. The van der Waals surface area contributed by atoms with E-state index in [1.54, 1.807) is 14.2 Å². The van der Waals surface area contributed by atoms with Gasteiger partial charge < -0.3 is 15.2 Å². The van der Waals surface area contributed by atoms with Crippen LogP contribution in [-0.4, -0.2) is 51.5 Å². The molecule has 0 saturated carbocycles. The second-order valence-electron chi connectivity index (χ2n) is 5.28. The van der Waals surface area contributed by atoms with Gasteiger partial charge >= 0.3 is 0 Å². The number of nitrogens with two attached hydrogens (primary N) is 1. The Labute approximate surface area is 133 Å². The van der Waals surface area contributed by atoms with Crippen LogP contribution in [0.15, 0.2) is 24.3 Å². The van der Waals surface area contributed by atoms with E-state index in [-0.39, 0.29) is 6.04 Å². The third-order valence-corrected chi connectivity index (χ3v) is 3.89. The molecule has 0 saturated heterocycles. The molecule has 0 aliphatic rings. The number of halogens is 1. The van der Waals surface area contributed by atoms with E-state index in [1.807, 2.05) is 24.3 Å². The third-order valence-electron chi connectivity index (χ3n) is 3.64. The molecule has 2 atom stereocenters. The largest absolute Gasteiger partial charge is 0.383 e. The van der Waals surface area contributed by atoms with Gasteiger partial charge in [-0.3, -0.25) is 4.90 Å².